The number of carbonyl (C=O) groups is 2. The van der Waals surface area contributed by atoms with Gasteiger partial charge in [-0.15, -0.1) is 0 Å². The largest absolute Gasteiger partial charge is 0.335 e. The van der Waals surface area contributed by atoms with Gasteiger partial charge in [-0.1, -0.05) is 18.2 Å². The van der Waals surface area contributed by atoms with Crippen LogP contribution in [-0.4, -0.2) is 35.0 Å². The number of anilines is 1. The molecule has 0 saturated carbocycles. The third-order valence-electron chi connectivity index (χ3n) is 4.34. The molecule has 1 atom stereocenters. The number of rotatable bonds is 2. The number of amides is 2. The molecule has 3 rings (SSSR count). The van der Waals surface area contributed by atoms with Gasteiger partial charge in [-0.2, -0.15) is 5.10 Å². The van der Waals surface area contributed by atoms with E-state index >= 15 is 0 Å². The molecule has 5 heteroatoms. The molecular formula is C17H21N3O2. The average Bonchev–Trinajstić information content (AvgIpc) is 2.56. The minimum absolute atomic E-state index is 0.0133. The highest BCUT2D eigenvalue weighted by atomic mass is 16.2. The predicted molar refractivity (Wildman–Crippen MR) is 85.6 cm³/mol. The molecule has 0 aromatic heterocycles. The molecular weight excluding hydrogens is 278 g/mol. The molecule has 0 unspecified atom stereocenters. The topological polar surface area (TPSA) is 53.0 Å². The van der Waals surface area contributed by atoms with E-state index in [9.17, 15) is 9.59 Å². The highest BCUT2D eigenvalue weighted by molar-refractivity contribution is 6.40. The van der Waals surface area contributed by atoms with Crippen LogP contribution in [-0.2, 0) is 9.59 Å². The molecule has 0 N–H and O–H groups in total. The molecule has 0 bridgehead atoms. The van der Waals surface area contributed by atoms with Crippen molar-refractivity contribution < 1.29 is 9.59 Å². The first-order chi connectivity index (χ1) is 10.7. The molecule has 1 aromatic rings. The Labute approximate surface area is 130 Å². The lowest BCUT2D eigenvalue weighted by Crippen LogP contribution is -2.47. The Bertz CT molecular complexity index is 597. The lowest BCUT2D eigenvalue weighted by molar-refractivity contribution is -0.127. The maximum absolute atomic E-state index is 12.7. The fourth-order valence-electron chi connectivity index (χ4n) is 3.04. The standard InChI is InChI=1S/C17H21N3O2/c1-13-7-5-6-12-19(13)17(22)15-10-11-16(21)20(18-15)14-8-3-2-4-9-14/h2-4,8-9,13H,5-7,10-12H2,1H3/t13-/m0/s1. The monoisotopic (exact) mass is 299 g/mol. The van der Waals surface area contributed by atoms with Gasteiger partial charge in [0.25, 0.3) is 5.91 Å². The average molecular weight is 299 g/mol. The minimum atomic E-state index is -0.0607. The highest BCUT2D eigenvalue weighted by Crippen LogP contribution is 2.22. The summed E-state index contributed by atoms with van der Waals surface area (Å²) in [5.74, 6) is -0.0740. The number of likely N-dealkylation sites (tertiary alicyclic amines) is 1. The molecule has 2 aliphatic rings. The van der Waals surface area contributed by atoms with E-state index in [-0.39, 0.29) is 17.9 Å². The lowest BCUT2D eigenvalue weighted by atomic mass is 10.0. The van der Waals surface area contributed by atoms with E-state index in [0.717, 1.165) is 19.4 Å². The zero-order valence-electron chi connectivity index (χ0n) is 12.9. The summed E-state index contributed by atoms with van der Waals surface area (Å²) in [6, 6.07) is 9.54. The van der Waals surface area contributed by atoms with Crippen molar-refractivity contribution in [1.29, 1.82) is 0 Å². The Hall–Kier alpha value is -2.17. The van der Waals surface area contributed by atoms with Crippen LogP contribution >= 0.6 is 0 Å². The molecule has 5 nitrogen and oxygen atoms in total. The number of hydrazone groups is 1. The summed E-state index contributed by atoms with van der Waals surface area (Å²) in [5.41, 5.74) is 1.21. The number of piperidine rings is 1. The zero-order valence-corrected chi connectivity index (χ0v) is 12.9. The van der Waals surface area contributed by atoms with Gasteiger partial charge in [0, 0.05) is 25.4 Å². The Kier molecular flexibility index (Phi) is 4.22. The Balaban J connectivity index is 1.84. The van der Waals surface area contributed by atoms with Crippen LogP contribution in [0.5, 0.6) is 0 Å². The van der Waals surface area contributed by atoms with Gasteiger partial charge in [-0.05, 0) is 38.3 Å². The van der Waals surface area contributed by atoms with Crippen LogP contribution < -0.4 is 5.01 Å². The summed E-state index contributed by atoms with van der Waals surface area (Å²) in [6.07, 6.45) is 4.03. The van der Waals surface area contributed by atoms with E-state index in [1.807, 2.05) is 35.2 Å². The van der Waals surface area contributed by atoms with Crippen molar-refractivity contribution in [1.82, 2.24) is 4.90 Å². The maximum atomic E-state index is 12.7. The predicted octanol–water partition coefficient (Wildman–Crippen LogP) is 2.57. The van der Waals surface area contributed by atoms with Crippen molar-refractivity contribution in [2.24, 2.45) is 5.10 Å². The number of hydrogen-bond donors (Lipinski definition) is 0. The molecule has 1 fully saturated rings. The van der Waals surface area contributed by atoms with Crippen molar-refractivity contribution in [2.75, 3.05) is 11.6 Å². The summed E-state index contributed by atoms with van der Waals surface area (Å²) in [6.45, 7) is 2.87. The first-order valence-electron chi connectivity index (χ1n) is 7.93. The number of nitrogens with zero attached hydrogens (tertiary/aromatic N) is 3. The third-order valence-corrected chi connectivity index (χ3v) is 4.34. The van der Waals surface area contributed by atoms with Crippen molar-refractivity contribution >= 4 is 23.2 Å². The first kappa shape index (κ1) is 14.8. The summed E-state index contributed by atoms with van der Waals surface area (Å²) in [4.78, 5) is 26.7. The molecule has 0 radical (unpaired) electrons. The fraction of sp³-hybridized carbons (Fsp3) is 0.471. The van der Waals surface area contributed by atoms with E-state index in [0.29, 0.717) is 24.2 Å². The molecule has 0 spiro atoms. The van der Waals surface area contributed by atoms with Gasteiger partial charge in [-0.3, -0.25) is 9.59 Å². The highest BCUT2D eigenvalue weighted by Gasteiger charge is 2.31. The molecule has 1 aromatic carbocycles. The van der Waals surface area contributed by atoms with Crippen LogP contribution in [0.15, 0.2) is 35.4 Å². The van der Waals surface area contributed by atoms with Crippen LogP contribution in [0.3, 0.4) is 0 Å². The number of carbonyl (C=O) groups excluding carboxylic acids is 2. The van der Waals surface area contributed by atoms with Gasteiger partial charge in [0.05, 0.1) is 5.69 Å². The van der Waals surface area contributed by atoms with Gasteiger partial charge in [0.1, 0.15) is 5.71 Å². The third kappa shape index (κ3) is 2.89. The Morgan fingerprint density at radius 3 is 2.68 bits per heavy atom. The SMILES string of the molecule is C[C@H]1CCCCN1C(=O)C1=NN(c2ccccc2)C(=O)CC1. The number of para-hydroxylation sites is 1. The lowest BCUT2D eigenvalue weighted by Gasteiger charge is -2.34. The maximum Gasteiger partial charge on any atom is 0.270 e. The molecule has 116 valence electrons. The summed E-state index contributed by atoms with van der Waals surface area (Å²) in [5, 5.41) is 5.72. The second kappa shape index (κ2) is 6.30. The molecule has 1 saturated heterocycles. The number of hydrogen-bond acceptors (Lipinski definition) is 3. The molecule has 0 aliphatic carbocycles. The van der Waals surface area contributed by atoms with E-state index in [2.05, 4.69) is 12.0 Å². The molecule has 2 heterocycles. The molecule has 2 amide bonds. The quantitative estimate of drug-likeness (QED) is 0.842. The second-order valence-corrected chi connectivity index (χ2v) is 5.93. The summed E-state index contributed by atoms with van der Waals surface area (Å²) < 4.78 is 0. The number of benzene rings is 1. The fourth-order valence-corrected chi connectivity index (χ4v) is 3.04. The summed E-state index contributed by atoms with van der Waals surface area (Å²) >= 11 is 0. The van der Waals surface area contributed by atoms with E-state index in [1.54, 1.807) is 0 Å². The van der Waals surface area contributed by atoms with Crippen LogP contribution in [0.2, 0.25) is 0 Å². The normalized spacial score (nSPS) is 22.5. The zero-order chi connectivity index (χ0) is 15.5. The van der Waals surface area contributed by atoms with Gasteiger partial charge < -0.3 is 4.90 Å². The van der Waals surface area contributed by atoms with Gasteiger partial charge in [-0.25, -0.2) is 5.01 Å². The smallest absolute Gasteiger partial charge is 0.270 e. The van der Waals surface area contributed by atoms with Crippen molar-refractivity contribution in [3.63, 3.8) is 0 Å². The Morgan fingerprint density at radius 1 is 1.18 bits per heavy atom. The van der Waals surface area contributed by atoms with Crippen molar-refractivity contribution in [2.45, 2.75) is 45.1 Å². The molecule has 22 heavy (non-hydrogen) atoms. The second-order valence-electron chi connectivity index (χ2n) is 5.93. The van der Waals surface area contributed by atoms with E-state index in [1.165, 1.54) is 11.4 Å². The first-order valence-corrected chi connectivity index (χ1v) is 7.93. The van der Waals surface area contributed by atoms with Crippen LogP contribution in [0.25, 0.3) is 0 Å². The minimum Gasteiger partial charge on any atom is -0.335 e. The van der Waals surface area contributed by atoms with Gasteiger partial charge in [0.2, 0.25) is 5.91 Å². The van der Waals surface area contributed by atoms with Crippen LogP contribution in [0, 0.1) is 0 Å². The van der Waals surface area contributed by atoms with Crippen LogP contribution in [0.1, 0.15) is 39.0 Å². The Morgan fingerprint density at radius 2 is 1.95 bits per heavy atom. The van der Waals surface area contributed by atoms with Crippen LogP contribution in [0.4, 0.5) is 5.69 Å². The van der Waals surface area contributed by atoms with E-state index < -0.39 is 0 Å². The van der Waals surface area contributed by atoms with Gasteiger partial charge in [0.15, 0.2) is 0 Å². The molecule has 2 aliphatic heterocycles. The van der Waals surface area contributed by atoms with Crippen molar-refractivity contribution in [3.8, 4) is 0 Å². The summed E-state index contributed by atoms with van der Waals surface area (Å²) in [7, 11) is 0. The van der Waals surface area contributed by atoms with Crippen molar-refractivity contribution in [3.05, 3.63) is 30.3 Å². The van der Waals surface area contributed by atoms with E-state index in [4.69, 9.17) is 0 Å². The van der Waals surface area contributed by atoms with Gasteiger partial charge >= 0.3 is 0 Å².